The maximum Gasteiger partial charge on any atom is 0.267 e. The van der Waals surface area contributed by atoms with Gasteiger partial charge >= 0.3 is 0 Å². The van der Waals surface area contributed by atoms with Crippen molar-refractivity contribution in [2.24, 2.45) is 0 Å². The number of carbonyl (C=O) groups is 1. The molecule has 2 aromatic carbocycles. The number of hydrogen-bond donors (Lipinski definition) is 2. The second-order valence-corrected chi connectivity index (χ2v) is 4.82. The minimum atomic E-state index is -0.833. The lowest BCUT2D eigenvalue weighted by molar-refractivity contribution is -0.112. The van der Waals surface area contributed by atoms with E-state index in [1.54, 1.807) is 30.3 Å². The molecule has 0 radical (unpaired) electrons. The van der Waals surface area contributed by atoms with E-state index in [1.807, 2.05) is 6.92 Å². The van der Waals surface area contributed by atoms with Gasteiger partial charge in [0.05, 0.1) is 6.61 Å². The monoisotopic (exact) mass is 343 g/mol. The third-order valence-corrected chi connectivity index (χ3v) is 3.11. The predicted molar refractivity (Wildman–Crippen MR) is 89.9 cm³/mol. The molecule has 0 aliphatic carbocycles. The SMILES string of the molecule is CCOc1ccc(NC(=O)/C(C#N)=C\Nc2c(F)cccc2F)cc1. The van der Waals surface area contributed by atoms with E-state index in [0.29, 0.717) is 18.0 Å². The summed E-state index contributed by atoms with van der Waals surface area (Å²) in [6.45, 7) is 2.37. The molecular formula is C18H15F2N3O2. The molecule has 2 N–H and O–H groups in total. The van der Waals surface area contributed by atoms with Crippen LogP contribution in [0.2, 0.25) is 0 Å². The summed E-state index contributed by atoms with van der Waals surface area (Å²) in [5, 5.41) is 13.9. The molecule has 0 spiro atoms. The van der Waals surface area contributed by atoms with Crippen molar-refractivity contribution in [3.63, 3.8) is 0 Å². The number of anilines is 2. The van der Waals surface area contributed by atoms with Crippen LogP contribution in [0, 0.1) is 23.0 Å². The number of nitriles is 1. The Balaban J connectivity index is 2.09. The highest BCUT2D eigenvalue weighted by Gasteiger charge is 2.11. The highest BCUT2D eigenvalue weighted by molar-refractivity contribution is 6.06. The van der Waals surface area contributed by atoms with Gasteiger partial charge in [-0.05, 0) is 43.3 Å². The number of nitrogens with zero attached hydrogens (tertiary/aromatic N) is 1. The van der Waals surface area contributed by atoms with Gasteiger partial charge < -0.3 is 15.4 Å². The van der Waals surface area contributed by atoms with Gasteiger partial charge in [0.2, 0.25) is 0 Å². The van der Waals surface area contributed by atoms with Gasteiger partial charge in [-0.15, -0.1) is 0 Å². The van der Waals surface area contributed by atoms with Gasteiger partial charge in [0, 0.05) is 11.9 Å². The van der Waals surface area contributed by atoms with E-state index in [0.717, 1.165) is 18.3 Å². The maximum atomic E-state index is 13.5. The lowest BCUT2D eigenvalue weighted by Crippen LogP contribution is -2.14. The molecule has 0 fully saturated rings. The van der Waals surface area contributed by atoms with Gasteiger partial charge in [0.15, 0.2) is 0 Å². The summed E-state index contributed by atoms with van der Waals surface area (Å²) in [6.07, 6.45) is 0.950. The van der Waals surface area contributed by atoms with E-state index >= 15 is 0 Å². The third-order valence-electron chi connectivity index (χ3n) is 3.11. The molecule has 128 valence electrons. The molecule has 0 unspecified atom stereocenters. The fraction of sp³-hybridized carbons (Fsp3) is 0.111. The van der Waals surface area contributed by atoms with Crippen molar-refractivity contribution in [2.75, 3.05) is 17.2 Å². The Bertz CT molecular complexity index is 807. The Morgan fingerprint density at radius 2 is 1.84 bits per heavy atom. The molecule has 2 rings (SSSR count). The lowest BCUT2D eigenvalue weighted by Gasteiger charge is -2.07. The van der Waals surface area contributed by atoms with Crippen LogP contribution < -0.4 is 15.4 Å². The van der Waals surface area contributed by atoms with Crippen LogP contribution in [-0.4, -0.2) is 12.5 Å². The van der Waals surface area contributed by atoms with Gasteiger partial charge in [0.1, 0.15) is 34.7 Å². The van der Waals surface area contributed by atoms with Gasteiger partial charge in [-0.25, -0.2) is 8.78 Å². The molecule has 0 bridgehead atoms. The van der Waals surface area contributed by atoms with Gasteiger partial charge in [0.25, 0.3) is 5.91 Å². The Kier molecular flexibility index (Phi) is 6.07. The summed E-state index contributed by atoms with van der Waals surface area (Å²) >= 11 is 0. The minimum absolute atomic E-state index is 0.337. The molecule has 0 aliphatic heterocycles. The fourth-order valence-corrected chi connectivity index (χ4v) is 1.93. The van der Waals surface area contributed by atoms with Crippen LogP contribution >= 0.6 is 0 Å². The molecule has 0 saturated heterocycles. The van der Waals surface area contributed by atoms with Gasteiger partial charge in [-0.3, -0.25) is 4.79 Å². The topological polar surface area (TPSA) is 74.1 Å². The first kappa shape index (κ1) is 17.9. The summed E-state index contributed by atoms with van der Waals surface area (Å²) in [7, 11) is 0. The second-order valence-electron chi connectivity index (χ2n) is 4.82. The summed E-state index contributed by atoms with van der Waals surface area (Å²) in [5.74, 6) is -1.73. The van der Waals surface area contributed by atoms with E-state index in [2.05, 4.69) is 10.6 Å². The first-order valence-corrected chi connectivity index (χ1v) is 7.40. The van der Waals surface area contributed by atoms with E-state index < -0.39 is 23.2 Å². The number of nitrogens with one attached hydrogen (secondary N) is 2. The highest BCUT2D eigenvalue weighted by Crippen LogP contribution is 2.19. The molecule has 0 aromatic heterocycles. The number of rotatable bonds is 6. The molecule has 0 saturated carbocycles. The largest absolute Gasteiger partial charge is 0.494 e. The van der Waals surface area contributed by atoms with Crippen molar-refractivity contribution in [1.29, 1.82) is 5.26 Å². The summed E-state index contributed by atoms with van der Waals surface area (Å²) in [6, 6.07) is 11.6. The molecule has 7 heteroatoms. The molecule has 0 aliphatic rings. The molecule has 0 atom stereocenters. The smallest absolute Gasteiger partial charge is 0.267 e. The van der Waals surface area contributed by atoms with Crippen LogP contribution in [0.1, 0.15) is 6.92 Å². The number of amides is 1. The predicted octanol–water partition coefficient (Wildman–Crippen LogP) is 3.82. The molecule has 5 nitrogen and oxygen atoms in total. The average molecular weight is 343 g/mol. The van der Waals surface area contributed by atoms with Crippen molar-refractivity contribution < 1.29 is 18.3 Å². The van der Waals surface area contributed by atoms with Crippen molar-refractivity contribution in [1.82, 2.24) is 0 Å². The number of hydrogen-bond acceptors (Lipinski definition) is 4. The van der Waals surface area contributed by atoms with Gasteiger partial charge in [-0.1, -0.05) is 6.07 Å². The van der Waals surface area contributed by atoms with Crippen LogP contribution in [0.15, 0.2) is 54.2 Å². The molecule has 25 heavy (non-hydrogen) atoms. The van der Waals surface area contributed by atoms with Crippen LogP contribution in [0.5, 0.6) is 5.75 Å². The van der Waals surface area contributed by atoms with Crippen LogP contribution in [0.3, 0.4) is 0 Å². The van der Waals surface area contributed by atoms with Crippen LogP contribution in [-0.2, 0) is 4.79 Å². The van der Waals surface area contributed by atoms with E-state index in [4.69, 9.17) is 10.00 Å². The number of ether oxygens (including phenoxy) is 1. The Morgan fingerprint density at radius 3 is 2.40 bits per heavy atom. The zero-order valence-electron chi connectivity index (χ0n) is 13.3. The number of para-hydroxylation sites is 1. The Hall–Kier alpha value is -3.40. The Morgan fingerprint density at radius 1 is 1.20 bits per heavy atom. The van der Waals surface area contributed by atoms with Crippen molar-refractivity contribution in [2.45, 2.75) is 6.92 Å². The quantitative estimate of drug-likeness (QED) is 0.618. The summed E-state index contributed by atoms with van der Waals surface area (Å²) < 4.78 is 32.3. The van der Waals surface area contributed by atoms with E-state index in [-0.39, 0.29) is 5.57 Å². The van der Waals surface area contributed by atoms with Crippen LogP contribution in [0.25, 0.3) is 0 Å². The number of benzene rings is 2. The molecule has 1 amide bonds. The zero-order valence-corrected chi connectivity index (χ0v) is 13.3. The molecule has 0 heterocycles. The highest BCUT2D eigenvalue weighted by atomic mass is 19.1. The average Bonchev–Trinajstić information content (AvgIpc) is 2.59. The normalized spacial score (nSPS) is 10.7. The van der Waals surface area contributed by atoms with Crippen LogP contribution in [0.4, 0.5) is 20.2 Å². The van der Waals surface area contributed by atoms with Crippen molar-refractivity contribution in [3.8, 4) is 11.8 Å². The zero-order chi connectivity index (χ0) is 18.2. The first-order chi connectivity index (χ1) is 12.0. The summed E-state index contributed by atoms with van der Waals surface area (Å²) in [5.41, 5.74) is -0.327. The molecule has 2 aromatic rings. The minimum Gasteiger partial charge on any atom is -0.494 e. The third kappa shape index (κ3) is 4.78. The first-order valence-electron chi connectivity index (χ1n) is 7.40. The summed E-state index contributed by atoms with van der Waals surface area (Å²) in [4.78, 5) is 12.1. The van der Waals surface area contributed by atoms with E-state index in [1.165, 1.54) is 6.07 Å². The molecular weight excluding hydrogens is 328 g/mol. The van der Waals surface area contributed by atoms with Gasteiger partial charge in [-0.2, -0.15) is 5.26 Å². The standard InChI is InChI=1S/C18H15F2N3O2/c1-2-25-14-8-6-13(7-9-14)23-18(24)12(10-21)11-22-17-15(19)4-3-5-16(17)20/h3-9,11,22H,2H2,1H3,(H,23,24)/b12-11-. The lowest BCUT2D eigenvalue weighted by atomic mass is 10.2. The number of carbonyl (C=O) groups excluding carboxylic acids is 1. The van der Waals surface area contributed by atoms with E-state index in [9.17, 15) is 13.6 Å². The second kappa shape index (κ2) is 8.45. The van der Waals surface area contributed by atoms with Crippen molar-refractivity contribution in [3.05, 3.63) is 65.9 Å². The number of halogens is 2. The maximum absolute atomic E-state index is 13.5. The Labute approximate surface area is 143 Å². The van der Waals surface area contributed by atoms with Crippen molar-refractivity contribution >= 4 is 17.3 Å². The fourth-order valence-electron chi connectivity index (χ4n) is 1.93.